The molecule has 2 aromatic rings. The fraction of sp³-hybridized carbons (Fsp3) is 0.357. The topological polar surface area (TPSA) is 88.6 Å². The van der Waals surface area contributed by atoms with Gasteiger partial charge in [0.05, 0.1) is 17.2 Å². The predicted octanol–water partition coefficient (Wildman–Crippen LogP) is 1.98. The van der Waals surface area contributed by atoms with Crippen molar-refractivity contribution in [3.63, 3.8) is 0 Å². The minimum absolute atomic E-state index is 0.161. The average molecular weight is 368 g/mol. The van der Waals surface area contributed by atoms with Gasteiger partial charge in [-0.3, -0.25) is 9.48 Å². The summed E-state index contributed by atoms with van der Waals surface area (Å²) in [6.07, 6.45) is 4.63. The fourth-order valence-corrected chi connectivity index (χ4v) is 2.90. The summed E-state index contributed by atoms with van der Waals surface area (Å²) < 4.78 is 8.07. The highest BCUT2D eigenvalue weighted by molar-refractivity contribution is 9.10. The third kappa shape index (κ3) is 2.92. The first-order valence-electron chi connectivity index (χ1n) is 6.85. The zero-order valence-corrected chi connectivity index (χ0v) is 13.2. The van der Waals surface area contributed by atoms with Crippen molar-refractivity contribution in [2.45, 2.75) is 25.4 Å². The van der Waals surface area contributed by atoms with Gasteiger partial charge >= 0.3 is 5.97 Å². The molecule has 1 fully saturated rings. The van der Waals surface area contributed by atoms with Crippen LogP contribution in [0.25, 0.3) is 0 Å². The summed E-state index contributed by atoms with van der Waals surface area (Å²) in [6, 6.07) is 2.52. The smallest absolute Gasteiger partial charge is 0.326 e. The van der Waals surface area contributed by atoms with Gasteiger partial charge in [0.25, 0.3) is 5.91 Å². The molecule has 0 spiro atoms. The van der Waals surface area contributed by atoms with E-state index in [1.54, 1.807) is 29.2 Å². The monoisotopic (exact) mass is 367 g/mol. The number of aromatic nitrogens is 2. The molecule has 1 N–H and O–H groups in total. The van der Waals surface area contributed by atoms with Crippen LogP contribution in [-0.2, 0) is 11.3 Å². The molecule has 0 bridgehead atoms. The second-order valence-corrected chi connectivity index (χ2v) is 6.03. The minimum atomic E-state index is -0.973. The number of amides is 1. The van der Waals surface area contributed by atoms with E-state index in [2.05, 4.69) is 21.0 Å². The van der Waals surface area contributed by atoms with Crippen LogP contribution in [0.15, 0.2) is 33.4 Å². The maximum absolute atomic E-state index is 12.4. The Balaban J connectivity index is 1.73. The van der Waals surface area contributed by atoms with E-state index < -0.39 is 12.0 Å². The lowest BCUT2D eigenvalue weighted by molar-refractivity contribution is -0.141. The quantitative estimate of drug-likeness (QED) is 0.892. The number of nitrogens with zero attached hydrogens (tertiary/aromatic N) is 3. The standard InChI is InChI=1S/C14H14BrN3O4/c15-9-6-16-17(7-9)8-10-3-4-12(22-10)13(19)18-5-1-2-11(18)14(20)21/h3-4,6-7,11H,1-2,5,8H2,(H,20,21). The third-order valence-corrected chi connectivity index (χ3v) is 4.00. The highest BCUT2D eigenvalue weighted by Crippen LogP contribution is 2.21. The van der Waals surface area contributed by atoms with Gasteiger partial charge in [-0.25, -0.2) is 4.79 Å². The van der Waals surface area contributed by atoms with Gasteiger partial charge in [-0.15, -0.1) is 0 Å². The number of hydrogen-bond donors (Lipinski definition) is 1. The summed E-state index contributed by atoms with van der Waals surface area (Å²) in [5, 5.41) is 13.3. The third-order valence-electron chi connectivity index (χ3n) is 3.59. The average Bonchev–Trinajstić information content (AvgIpc) is 3.19. The molecule has 0 saturated carbocycles. The van der Waals surface area contributed by atoms with Crippen molar-refractivity contribution < 1.29 is 19.1 Å². The number of carboxylic acid groups (broad SMARTS) is 1. The van der Waals surface area contributed by atoms with Gasteiger partial charge in [-0.1, -0.05) is 0 Å². The molecule has 0 aliphatic carbocycles. The number of carbonyl (C=O) groups excluding carboxylic acids is 1. The molecule has 1 atom stereocenters. The molecule has 1 aliphatic heterocycles. The lowest BCUT2D eigenvalue weighted by atomic mass is 10.2. The Labute approximate surface area is 134 Å². The largest absolute Gasteiger partial charge is 0.480 e. The molecule has 3 rings (SSSR count). The highest BCUT2D eigenvalue weighted by Gasteiger charge is 2.35. The Hall–Kier alpha value is -2.09. The number of furan rings is 1. The Morgan fingerprint density at radius 2 is 2.27 bits per heavy atom. The summed E-state index contributed by atoms with van der Waals surface area (Å²) in [6.45, 7) is 0.846. The van der Waals surface area contributed by atoms with Crippen LogP contribution < -0.4 is 0 Å². The summed E-state index contributed by atoms with van der Waals surface area (Å²) in [7, 11) is 0. The van der Waals surface area contributed by atoms with Gasteiger partial charge in [-0.05, 0) is 40.9 Å². The van der Waals surface area contributed by atoms with Crippen LogP contribution in [0.3, 0.4) is 0 Å². The van der Waals surface area contributed by atoms with Crippen molar-refractivity contribution in [1.82, 2.24) is 14.7 Å². The van der Waals surface area contributed by atoms with Crippen molar-refractivity contribution in [3.8, 4) is 0 Å². The number of likely N-dealkylation sites (tertiary alicyclic amines) is 1. The molecular formula is C14H14BrN3O4. The fourth-order valence-electron chi connectivity index (χ4n) is 2.57. The van der Waals surface area contributed by atoms with Crippen LogP contribution in [0.2, 0.25) is 0 Å². The molecular weight excluding hydrogens is 354 g/mol. The number of aliphatic carboxylic acids is 1. The second-order valence-electron chi connectivity index (χ2n) is 5.12. The number of halogens is 1. The molecule has 7 nitrogen and oxygen atoms in total. The van der Waals surface area contributed by atoms with Gasteiger partial charge in [-0.2, -0.15) is 5.10 Å². The van der Waals surface area contributed by atoms with Gasteiger partial charge in [0, 0.05) is 12.7 Å². The Morgan fingerprint density at radius 1 is 1.45 bits per heavy atom. The van der Waals surface area contributed by atoms with E-state index in [4.69, 9.17) is 9.52 Å². The number of hydrogen-bond acceptors (Lipinski definition) is 4. The SMILES string of the molecule is O=C(O)C1CCCN1C(=O)c1ccc(Cn2cc(Br)cn2)o1. The number of carbonyl (C=O) groups is 2. The van der Waals surface area contributed by atoms with Crippen LogP contribution in [0.1, 0.15) is 29.2 Å². The molecule has 1 amide bonds. The molecule has 0 aromatic carbocycles. The van der Waals surface area contributed by atoms with E-state index in [1.807, 2.05) is 0 Å². The summed E-state index contributed by atoms with van der Waals surface area (Å²) in [5.41, 5.74) is 0. The Morgan fingerprint density at radius 3 is 2.95 bits per heavy atom. The first-order chi connectivity index (χ1) is 10.5. The lowest BCUT2D eigenvalue weighted by Crippen LogP contribution is -2.40. The van der Waals surface area contributed by atoms with E-state index >= 15 is 0 Å². The van der Waals surface area contributed by atoms with E-state index in [0.29, 0.717) is 31.7 Å². The Kier molecular flexibility index (Phi) is 4.02. The van der Waals surface area contributed by atoms with E-state index in [0.717, 1.165) is 4.47 Å². The van der Waals surface area contributed by atoms with Crippen LogP contribution in [0, 0.1) is 0 Å². The van der Waals surface area contributed by atoms with Gasteiger partial charge in [0.15, 0.2) is 5.76 Å². The zero-order chi connectivity index (χ0) is 15.7. The van der Waals surface area contributed by atoms with E-state index in [-0.39, 0.29) is 11.7 Å². The molecule has 116 valence electrons. The molecule has 8 heteroatoms. The molecule has 2 aromatic heterocycles. The van der Waals surface area contributed by atoms with Crippen LogP contribution >= 0.6 is 15.9 Å². The summed E-state index contributed by atoms with van der Waals surface area (Å²) in [4.78, 5) is 24.9. The summed E-state index contributed by atoms with van der Waals surface area (Å²) in [5.74, 6) is -0.601. The maximum atomic E-state index is 12.4. The van der Waals surface area contributed by atoms with Crippen molar-refractivity contribution in [1.29, 1.82) is 0 Å². The molecule has 1 unspecified atom stereocenters. The minimum Gasteiger partial charge on any atom is -0.480 e. The molecule has 0 radical (unpaired) electrons. The van der Waals surface area contributed by atoms with Crippen LogP contribution in [-0.4, -0.2) is 44.3 Å². The van der Waals surface area contributed by atoms with Gasteiger partial charge in [0.2, 0.25) is 0 Å². The molecule has 1 aliphatic rings. The van der Waals surface area contributed by atoms with Crippen molar-refractivity contribution in [3.05, 3.63) is 40.5 Å². The van der Waals surface area contributed by atoms with Gasteiger partial charge < -0.3 is 14.4 Å². The number of rotatable bonds is 4. The van der Waals surface area contributed by atoms with Crippen molar-refractivity contribution in [2.24, 2.45) is 0 Å². The summed E-state index contributed by atoms with van der Waals surface area (Å²) >= 11 is 3.31. The number of carboxylic acids is 1. The molecule has 3 heterocycles. The first-order valence-corrected chi connectivity index (χ1v) is 7.64. The van der Waals surface area contributed by atoms with Gasteiger partial charge in [0.1, 0.15) is 11.8 Å². The first kappa shape index (κ1) is 14.8. The lowest BCUT2D eigenvalue weighted by Gasteiger charge is -2.19. The normalized spacial score (nSPS) is 17.9. The van der Waals surface area contributed by atoms with E-state index in [1.165, 1.54) is 4.90 Å². The molecule has 1 saturated heterocycles. The zero-order valence-electron chi connectivity index (χ0n) is 11.6. The highest BCUT2D eigenvalue weighted by atomic mass is 79.9. The predicted molar refractivity (Wildman–Crippen MR) is 79.4 cm³/mol. The van der Waals surface area contributed by atoms with Crippen LogP contribution in [0.4, 0.5) is 0 Å². The van der Waals surface area contributed by atoms with Crippen LogP contribution in [0.5, 0.6) is 0 Å². The Bertz CT molecular complexity index is 709. The van der Waals surface area contributed by atoms with Crippen molar-refractivity contribution >= 4 is 27.8 Å². The second kappa shape index (κ2) is 5.96. The molecule has 22 heavy (non-hydrogen) atoms. The maximum Gasteiger partial charge on any atom is 0.326 e. The van der Waals surface area contributed by atoms with Crippen molar-refractivity contribution in [2.75, 3.05) is 6.54 Å². The van der Waals surface area contributed by atoms with E-state index in [9.17, 15) is 9.59 Å².